The van der Waals surface area contributed by atoms with E-state index in [-0.39, 0.29) is 17.1 Å². The third kappa shape index (κ3) is 3.97. The van der Waals surface area contributed by atoms with Crippen molar-refractivity contribution in [1.82, 2.24) is 0 Å². The van der Waals surface area contributed by atoms with Crippen LogP contribution in [0.15, 0.2) is 53.7 Å². The van der Waals surface area contributed by atoms with Gasteiger partial charge in [-0.3, -0.25) is 20.2 Å². The van der Waals surface area contributed by atoms with E-state index in [9.17, 15) is 25.0 Å². The molecule has 0 atom stereocenters. The highest BCUT2D eigenvalue weighted by molar-refractivity contribution is 6.13. The molecule has 24 heavy (non-hydrogen) atoms. The molecule has 0 N–H and O–H groups in total. The Hall–Kier alpha value is -3.62. The smallest absolute Gasteiger partial charge is 0.318 e. The molecule has 0 aliphatic rings. The van der Waals surface area contributed by atoms with E-state index in [1.807, 2.05) is 0 Å². The molecule has 0 amide bonds. The number of nitro groups is 2. The largest absolute Gasteiger partial charge is 0.332 e. The molecule has 9 heteroatoms. The number of carbonyl (C=O) groups excluding carboxylic acids is 1. The number of carbonyl (C=O) groups is 1. The standard InChI is InChI=1S/C15H11N3O6/c1-10(19)24-16-15(11-5-7-13(8-6-11)17(20)21)12-3-2-4-14(9-12)18(22)23/h2-9H,1H3/b16-15-. The van der Waals surface area contributed by atoms with Crippen molar-refractivity contribution in [2.75, 3.05) is 0 Å². The topological polar surface area (TPSA) is 125 Å². The van der Waals surface area contributed by atoms with Crippen LogP contribution in [0.25, 0.3) is 0 Å². The van der Waals surface area contributed by atoms with Gasteiger partial charge in [0.05, 0.1) is 9.85 Å². The lowest BCUT2D eigenvalue weighted by Crippen LogP contribution is -2.07. The van der Waals surface area contributed by atoms with Gasteiger partial charge in [0.25, 0.3) is 11.4 Å². The van der Waals surface area contributed by atoms with Crippen LogP contribution in [0.4, 0.5) is 11.4 Å². The summed E-state index contributed by atoms with van der Waals surface area (Å²) < 4.78 is 0. The number of nitro benzene ring substituents is 2. The number of nitrogens with zero attached hydrogens (tertiary/aromatic N) is 3. The maximum absolute atomic E-state index is 11.0. The van der Waals surface area contributed by atoms with Crippen LogP contribution in [0.5, 0.6) is 0 Å². The molecule has 9 nitrogen and oxygen atoms in total. The van der Waals surface area contributed by atoms with Crippen LogP contribution < -0.4 is 0 Å². The van der Waals surface area contributed by atoms with E-state index in [2.05, 4.69) is 9.99 Å². The molecule has 2 aromatic rings. The Morgan fingerprint density at radius 2 is 1.58 bits per heavy atom. The van der Waals surface area contributed by atoms with E-state index in [0.29, 0.717) is 11.1 Å². The predicted molar refractivity (Wildman–Crippen MR) is 83.6 cm³/mol. The average molecular weight is 329 g/mol. The van der Waals surface area contributed by atoms with Crippen molar-refractivity contribution < 1.29 is 19.5 Å². The number of oxime groups is 1. The zero-order valence-electron chi connectivity index (χ0n) is 12.4. The molecule has 0 saturated carbocycles. The molecule has 0 aliphatic heterocycles. The quantitative estimate of drug-likeness (QED) is 0.359. The summed E-state index contributed by atoms with van der Waals surface area (Å²) in [6.07, 6.45) is 0. The lowest BCUT2D eigenvalue weighted by molar-refractivity contribution is -0.385. The van der Waals surface area contributed by atoms with E-state index in [1.165, 1.54) is 42.5 Å². The summed E-state index contributed by atoms with van der Waals surface area (Å²) >= 11 is 0. The van der Waals surface area contributed by atoms with Gasteiger partial charge in [0.1, 0.15) is 5.71 Å². The first-order chi connectivity index (χ1) is 11.4. The van der Waals surface area contributed by atoms with Gasteiger partial charge >= 0.3 is 5.97 Å². The summed E-state index contributed by atoms with van der Waals surface area (Å²) in [7, 11) is 0. The highest BCUT2D eigenvalue weighted by Gasteiger charge is 2.15. The van der Waals surface area contributed by atoms with Crippen LogP contribution >= 0.6 is 0 Å². The van der Waals surface area contributed by atoms with Crippen LogP contribution in [-0.4, -0.2) is 21.5 Å². The molecule has 0 aliphatic carbocycles. The second-order valence-electron chi connectivity index (χ2n) is 4.63. The Bertz CT molecular complexity index is 829. The fraction of sp³-hybridized carbons (Fsp3) is 0.0667. The number of rotatable bonds is 5. The Labute approximate surface area is 135 Å². The van der Waals surface area contributed by atoms with Gasteiger partial charge in [0.2, 0.25) is 0 Å². The van der Waals surface area contributed by atoms with E-state index < -0.39 is 15.8 Å². The molecule has 2 rings (SSSR count). The molecule has 0 unspecified atom stereocenters. The number of hydrogen-bond acceptors (Lipinski definition) is 7. The first-order valence-electron chi connectivity index (χ1n) is 6.63. The lowest BCUT2D eigenvalue weighted by Gasteiger charge is -2.06. The summed E-state index contributed by atoms with van der Waals surface area (Å²) in [6.45, 7) is 1.16. The van der Waals surface area contributed by atoms with Gasteiger partial charge in [0, 0.05) is 42.3 Å². The van der Waals surface area contributed by atoms with Gasteiger partial charge in [-0.1, -0.05) is 17.3 Å². The molecular formula is C15H11N3O6. The zero-order chi connectivity index (χ0) is 17.7. The molecule has 0 saturated heterocycles. The summed E-state index contributed by atoms with van der Waals surface area (Å²) in [5.74, 6) is -0.667. The monoisotopic (exact) mass is 329 g/mol. The van der Waals surface area contributed by atoms with Gasteiger partial charge < -0.3 is 4.84 Å². The molecule has 0 radical (unpaired) electrons. The molecule has 0 bridgehead atoms. The van der Waals surface area contributed by atoms with Crippen molar-refractivity contribution in [1.29, 1.82) is 0 Å². The second-order valence-corrected chi connectivity index (χ2v) is 4.63. The Kier molecular flexibility index (Phi) is 4.95. The van der Waals surface area contributed by atoms with Crippen molar-refractivity contribution in [3.05, 3.63) is 79.9 Å². The Morgan fingerprint density at radius 3 is 2.12 bits per heavy atom. The SMILES string of the molecule is CC(=O)O/N=C(/c1ccc([N+](=O)[O-])cc1)c1cccc([N+](=O)[O-])c1. The average Bonchev–Trinajstić information content (AvgIpc) is 2.55. The van der Waals surface area contributed by atoms with Crippen LogP contribution in [-0.2, 0) is 9.63 Å². The van der Waals surface area contributed by atoms with E-state index in [0.717, 1.165) is 6.92 Å². The maximum atomic E-state index is 11.0. The van der Waals surface area contributed by atoms with Gasteiger partial charge in [-0.05, 0) is 12.1 Å². The van der Waals surface area contributed by atoms with E-state index >= 15 is 0 Å². The van der Waals surface area contributed by atoms with Crippen LogP contribution in [0.3, 0.4) is 0 Å². The number of hydrogen-bond donors (Lipinski definition) is 0. The highest BCUT2D eigenvalue weighted by Crippen LogP contribution is 2.20. The fourth-order valence-electron chi connectivity index (χ4n) is 1.89. The van der Waals surface area contributed by atoms with Crippen molar-refractivity contribution in [3.63, 3.8) is 0 Å². The Balaban J connectivity index is 2.51. The Morgan fingerprint density at radius 1 is 0.958 bits per heavy atom. The van der Waals surface area contributed by atoms with Crippen LogP contribution in [0.1, 0.15) is 18.1 Å². The van der Waals surface area contributed by atoms with Crippen molar-refractivity contribution in [2.45, 2.75) is 6.92 Å². The van der Waals surface area contributed by atoms with Crippen LogP contribution in [0, 0.1) is 20.2 Å². The normalized spacial score (nSPS) is 11.0. The van der Waals surface area contributed by atoms with E-state index in [4.69, 9.17) is 0 Å². The lowest BCUT2D eigenvalue weighted by atomic mass is 10.0. The van der Waals surface area contributed by atoms with Crippen molar-refractivity contribution in [2.24, 2.45) is 5.16 Å². The molecule has 0 spiro atoms. The first kappa shape index (κ1) is 16.7. The van der Waals surface area contributed by atoms with Crippen LogP contribution in [0.2, 0.25) is 0 Å². The zero-order valence-corrected chi connectivity index (χ0v) is 12.4. The second kappa shape index (κ2) is 7.09. The minimum Gasteiger partial charge on any atom is -0.318 e. The minimum atomic E-state index is -0.667. The van der Waals surface area contributed by atoms with Gasteiger partial charge in [-0.25, -0.2) is 4.79 Å². The third-order valence-electron chi connectivity index (χ3n) is 2.95. The van der Waals surface area contributed by atoms with Gasteiger partial charge in [0.15, 0.2) is 0 Å². The predicted octanol–water partition coefficient (Wildman–Crippen LogP) is 2.82. The van der Waals surface area contributed by atoms with Crippen molar-refractivity contribution >= 4 is 23.1 Å². The molecular weight excluding hydrogens is 318 g/mol. The van der Waals surface area contributed by atoms with Crippen molar-refractivity contribution in [3.8, 4) is 0 Å². The summed E-state index contributed by atoms with van der Waals surface area (Å²) in [6, 6.07) is 10.9. The number of non-ortho nitro benzene ring substituents is 2. The maximum Gasteiger partial charge on any atom is 0.332 e. The molecule has 122 valence electrons. The summed E-state index contributed by atoms with van der Waals surface area (Å²) in [5, 5.41) is 25.3. The molecule has 2 aromatic carbocycles. The minimum absolute atomic E-state index is 0.121. The third-order valence-corrected chi connectivity index (χ3v) is 2.95. The van der Waals surface area contributed by atoms with Gasteiger partial charge in [-0.15, -0.1) is 0 Å². The highest BCUT2D eigenvalue weighted by atomic mass is 16.7. The van der Waals surface area contributed by atoms with E-state index in [1.54, 1.807) is 6.07 Å². The molecule has 0 fully saturated rings. The summed E-state index contributed by atoms with van der Waals surface area (Å²) in [5.41, 5.74) is 0.597. The summed E-state index contributed by atoms with van der Waals surface area (Å²) in [4.78, 5) is 36.1. The first-order valence-corrected chi connectivity index (χ1v) is 6.63. The molecule has 0 aromatic heterocycles. The van der Waals surface area contributed by atoms with Gasteiger partial charge in [-0.2, -0.15) is 0 Å². The fourth-order valence-corrected chi connectivity index (χ4v) is 1.89. The number of benzene rings is 2. The molecule has 0 heterocycles.